The molecule has 6 heteroatoms. The lowest BCUT2D eigenvalue weighted by molar-refractivity contribution is 0.0473. The first-order chi connectivity index (χ1) is 15.6. The van der Waals surface area contributed by atoms with Gasteiger partial charge in [-0.25, -0.2) is 4.79 Å². The van der Waals surface area contributed by atoms with Crippen molar-refractivity contribution in [1.29, 1.82) is 0 Å². The van der Waals surface area contributed by atoms with Gasteiger partial charge in [-0.1, -0.05) is 41.9 Å². The van der Waals surface area contributed by atoms with Crippen molar-refractivity contribution in [1.82, 2.24) is 0 Å². The molecule has 0 aliphatic rings. The maximum absolute atomic E-state index is 12.3. The Labute approximate surface area is 190 Å². The number of hydrogen-bond donors (Lipinski definition) is 0. The predicted octanol–water partition coefficient (Wildman–Crippen LogP) is 6.72. The smallest absolute Gasteiger partial charge is 0.338 e. The minimum absolute atomic E-state index is 0.120. The van der Waals surface area contributed by atoms with E-state index < -0.39 is 5.97 Å². The molecule has 1 aromatic heterocycles. The predicted molar refractivity (Wildman–Crippen MR) is 125 cm³/mol. The first-order valence-electron chi connectivity index (χ1n) is 9.91. The molecule has 0 aliphatic carbocycles. The molecule has 4 rings (SSSR count). The Morgan fingerprint density at radius 2 is 1.72 bits per heavy atom. The number of aliphatic imine (C=N–C) groups is 1. The molecule has 0 saturated carbocycles. The average Bonchev–Trinajstić information content (AvgIpc) is 3.31. The molecule has 3 aromatic carbocycles. The maximum Gasteiger partial charge on any atom is 0.338 e. The zero-order chi connectivity index (χ0) is 22.3. The molecule has 0 atom stereocenters. The lowest BCUT2D eigenvalue weighted by Gasteiger charge is -2.07. The zero-order valence-corrected chi connectivity index (χ0v) is 18.1. The Bertz CT molecular complexity index is 1230. The summed E-state index contributed by atoms with van der Waals surface area (Å²) in [5, 5.41) is 0.569. The van der Waals surface area contributed by atoms with Gasteiger partial charge < -0.3 is 13.9 Å². The second-order valence-electron chi connectivity index (χ2n) is 6.90. The van der Waals surface area contributed by atoms with Crippen LogP contribution in [0, 0.1) is 0 Å². The van der Waals surface area contributed by atoms with Crippen LogP contribution in [0.15, 0.2) is 94.3 Å². The number of esters is 1. The lowest BCUT2D eigenvalue weighted by atomic mass is 10.1. The summed E-state index contributed by atoms with van der Waals surface area (Å²) in [4.78, 5) is 16.7. The topological polar surface area (TPSA) is 61.0 Å². The molecule has 160 valence electrons. The number of rotatable bonds is 7. The van der Waals surface area contributed by atoms with Crippen molar-refractivity contribution in [2.45, 2.75) is 6.61 Å². The molecule has 0 N–H and O–H groups in total. The maximum atomic E-state index is 12.3. The highest BCUT2D eigenvalue weighted by Crippen LogP contribution is 2.24. The molecule has 4 aromatic rings. The fraction of sp³-hybridized carbons (Fsp3) is 0.0769. The SMILES string of the molecule is COc1ccc(N=Cc2ccc(-c3ccc(C(=O)OCc4ccccc4Cl)cc3)o2)cc1. The van der Waals surface area contributed by atoms with Gasteiger partial charge in [0.05, 0.1) is 24.6 Å². The van der Waals surface area contributed by atoms with Crippen molar-refractivity contribution in [2.24, 2.45) is 4.99 Å². The van der Waals surface area contributed by atoms with Crippen LogP contribution < -0.4 is 4.74 Å². The van der Waals surface area contributed by atoms with E-state index in [2.05, 4.69) is 4.99 Å². The van der Waals surface area contributed by atoms with Gasteiger partial charge in [-0.2, -0.15) is 0 Å². The van der Waals surface area contributed by atoms with E-state index in [0.29, 0.717) is 22.1 Å². The van der Waals surface area contributed by atoms with E-state index in [9.17, 15) is 4.79 Å². The molecule has 1 heterocycles. The Kier molecular flexibility index (Phi) is 6.68. The molecule has 0 aliphatic heterocycles. The summed E-state index contributed by atoms with van der Waals surface area (Å²) in [6, 6.07) is 25.4. The Hall–Kier alpha value is -3.83. The molecule has 0 saturated heterocycles. The number of carbonyl (C=O) groups excluding carboxylic acids is 1. The Morgan fingerprint density at radius 3 is 2.44 bits per heavy atom. The van der Waals surface area contributed by atoms with Gasteiger partial charge in [0.1, 0.15) is 23.9 Å². The quantitative estimate of drug-likeness (QED) is 0.234. The van der Waals surface area contributed by atoms with E-state index in [1.807, 2.05) is 66.7 Å². The van der Waals surface area contributed by atoms with Crippen LogP contribution in [0.3, 0.4) is 0 Å². The van der Waals surface area contributed by atoms with Crippen LogP contribution in [0.5, 0.6) is 5.75 Å². The van der Waals surface area contributed by atoms with Crippen LogP contribution in [0.25, 0.3) is 11.3 Å². The number of furan rings is 1. The molecular weight excluding hydrogens is 426 g/mol. The van der Waals surface area contributed by atoms with E-state index in [-0.39, 0.29) is 6.61 Å². The molecule has 0 radical (unpaired) electrons. The largest absolute Gasteiger partial charge is 0.497 e. The third kappa shape index (κ3) is 5.25. The summed E-state index contributed by atoms with van der Waals surface area (Å²) in [6.07, 6.45) is 1.66. The second-order valence-corrected chi connectivity index (χ2v) is 7.31. The third-order valence-corrected chi connectivity index (χ3v) is 5.13. The van der Waals surface area contributed by atoms with Gasteiger partial charge in [0.15, 0.2) is 0 Å². The van der Waals surface area contributed by atoms with Crippen LogP contribution in [0.4, 0.5) is 5.69 Å². The van der Waals surface area contributed by atoms with Gasteiger partial charge in [0.25, 0.3) is 0 Å². The van der Waals surface area contributed by atoms with Gasteiger partial charge >= 0.3 is 5.97 Å². The van der Waals surface area contributed by atoms with Crippen LogP contribution >= 0.6 is 11.6 Å². The number of hydrogen-bond acceptors (Lipinski definition) is 5. The number of methoxy groups -OCH3 is 1. The van der Waals surface area contributed by atoms with E-state index in [0.717, 1.165) is 22.6 Å². The van der Waals surface area contributed by atoms with Crippen molar-refractivity contribution in [3.8, 4) is 17.1 Å². The van der Waals surface area contributed by atoms with Crippen molar-refractivity contribution in [2.75, 3.05) is 7.11 Å². The van der Waals surface area contributed by atoms with Crippen molar-refractivity contribution in [3.05, 3.63) is 107 Å². The van der Waals surface area contributed by atoms with E-state index in [4.69, 9.17) is 25.5 Å². The standard InChI is InChI=1S/C26H20ClNO4/c1-30-22-12-10-21(11-13-22)28-16-23-14-15-25(32-23)18-6-8-19(9-7-18)26(29)31-17-20-4-2-3-5-24(20)27/h2-16H,17H2,1H3. The van der Waals surface area contributed by atoms with Gasteiger partial charge in [-0.05, 0) is 54.6 Å². The molecule has 0 amide bonds. The third-order valence-electron chi connectivity index (χ3n) is 4.76. The highest BCUT2D eigenvalue weighted by atomic mass is 35.5. The van der Waals surface area contributed by atoms with Crippen molar-refractivity contribution < 1.29 is 18.7 Å². The van der Waals surface area contributed by atoms with Crippen LogP contribution in [0.2, 0.25) is 5.02 Å². The summed E-state index contributed by atoms with van der Waals surface area (Å²) in [6.45, 7) is 0.120. The van der Waals surface area contributed by atoms with Gasteiger partial charge in [0, 0.05) is 16.1 Å². The zero-order valence-electron chi connectivity index (χ0n) is 17.3. The van der Waals surface area contributed by atoms with Gasteiger partial charge in [-0.3, -0.25) is 4.99 Å². The Balaban J connectivity index is 1.38. The fourth-order valence-corrected chi connectivity index (χ4v) is 3.19. The number of benzene rings is 3. The van der Waals surface area contributed by atoms with E-state index >= 15 is 0 Å². The number of halogens is 1. The first-order valence-corrected chi connectivity index (χ1v) is 10.3. The monoisotopic (exact) mass is 445 g/mol. The van der Waals surface area contributed by atoms with Gasteiger partial charge in [-0.15, -0.1) is 0 Å². The molecule has 0 unspecified atom stereocenters. The summed E-state index contributed by atoms with van der Waals surface area (Å²) in [5.74, 6) is 1.67. The summed E-state index contributed by atoms with van der Waals surface area (Å²) in [7, 11) is 1.62. The number of nitrogens with zero attached hydrogens (tertiary/aromatic N) is 1. The summed E-state index contributed by atoms with van der Waals surface area (Å²) < 4.78 is 16.4. The number of carbonyl (C=O) groups is 1. The average molecular weight is 446 g/mol. The van der Waals surface area contributed by atoms with E-state index in [1.54, 1.807) is 31.5 Å². The van der Waals surface area contributed by atoms with E-state index in [1.165, 1.54) is 0 Å². The van der Waals surface area contributed by atoms with Crippen LogP contribution in [0.1, 0.15) is 21.7 Å². The first kappa shape index (κ1) is 21.4. The minimum atomic E-state index is -0.414. The highest BCUT2D eigenvalue weighted by molar-refractivity contribution is 6.31. The van der Waals surface area contributed by atoms with Crippen LogP contribution in [-0.4, -0.2) is 19.3 Å². The molecule has 5 nitrogen and oxygen atoms in total. The fourth-order valence-electron chi connectivity index (χ4n) is 3.00. The number of ether oxygens (including phenoxy) is 2. The molecule has 0 fully saturated rings. The van der Waals surface area contributed by atoms with Crippen LogP contribution in [-0.2, 0) is 11.3 Å². The highest BCUT2D eigenvalue weighted by Gasteiger charge is 2.10. The normalized spacial score (nSPS) is 10.9. The Morgan fingerprint density at radius 1 is 0.969 bits per heavy atom. The second kappa shape index (κ2) is 9.98. The summed E-state index contributed by atoms with van der Waals surface area (Å²) in [5.41, 5.74) is 2.85. The molecule has 0 spiro atoms. The molecule has 32 heavy (non-hydrogen) atoms. The molecular formula is C26H20ClNO4. The summed E-state index contributed by atoms with van der Waals surface area (Å²) >= 11 is 6.10. The minimum Gasteiger partial charge on any atom is -0.497 e. The van der Waals surface area contributed by atoms with Gasteiger partial charge in [0.2, 0.25) is 0 Å². The van der Waals surface area contributed by atoms with Crippen molar-refractivity contribution >= 4 is 29.5 Å². The van der Waals surface area contributed by atoms with Crippen molar-refractivity contribution in [3.63, 3.8) is 0 Å². The molecule has 0 bridgehead atoms. The lowest BCUT2D eigenvalue weighted by Crippen LogP contribution is -2.05.